The van der Waals surface area contributed by atoms with Crippen molar-refractivity contribution in [3.8, 4) is 0 Å². The molecule has 0 bridgehead atoms. The van der Waals surface area contributed by atoms with E-state index in [-0.39, 0.29) is 6.04 Å². The van der Waals surface area contributed by atoms with E-state index in [0.29, 0.717) is 5.82 Å². The number of pyridine rings is 1. The molecule has 0 radical (unpaired) electrons. The molecular formula is C11H15N3O. The lowest BCUT2D eigenvalue weighted by Gasteiger charge is -2.21. The molecule has 0 saturated carbocycles. The monoisotopic (exact) mass is 205 g/mol. The maximum absolute atomic E-state index is 10.8. The predicted molar refractivity (Wildman–Crippen MR) is 58.1 cm³/mol. The van der Waals surface area contributed by atoms with Gasteiger partial charge >= 0.3 is 0 Å². The highest BCUT2D eigenvalue weighted by molar-refractivity contribution is 5.50. The van der Waals surface area contributed by atoms with Crippen molar-refractivity contribution in [1.82, 2.24) is 9.88 Å². The highest BCUT2D eigenvalue weighted by Gasteiger charge is 2.25. The van der Waals surface area contributed by atoms with Gasteiger partial charge in [0.15, 0.2) is 0 Å². The standard InChI is InChI=1S/C11H15N3O/c1-8-9(4-5-11(12)13-8)10-3-2-6-14(10)7-15/h4-5,7,10H,2-3,6H2,1H3,(H2,12,13)/t10-/m1/s1. The number of nitrogen functional groups attached to an aromatic ring is 1. The fourth-order valence-corrected chi connectivity index (χ4v) is 2.19. The van der Waals surface area contributed by atoms with Gasteiger partial charge in [0.2, 0.25) is 6.41 Å². The van der Waals surface area contributed by atoms with Gasteiger partial charge in [0.05, 0.1) is 6.04 Å². The second kappa shape index (κ2) is 3.88. The van der Waals surface area contributed by atoms with E-state index < -0.39 is 0 Å². The molecule has 1 aromatic heterocycles. The minimum atomic E-state index is 0.190. The minimum absolute atomic E-state index is 0.190. The molecule has 0 unspecified atom stereocenters. The van der Waals surface area contributed by atoms with Crippen molar-refractivity contribution >= 4 is 12.2 Å². The Hall–Kier alpha value is -1.58. The molecule has 2 rings (SSSR count). The number of carbonyl (C=O) groups excluding carboxylic acids is 1. The number of hydrogen-bond acceptors (Lipinski definition) is 3. The third kappa shape index (κ3) is 1.79. The Balaban J connectivity index is 2.32. The molecular weight excluding hydrogens is 190 g/mol. The van der Waals surface area contributed by atoms with E-state index in [1.807, 2.05) is 17.9 Å². The van der Waals surface area contributed by atoms with E-state index in [1.54, 1.807) is 6.07 Å². The lowest BCUT2D eigenvalue weighted by Crippen LogP contribution is -2.22. The topological polar surface area (TPSA) is 59.2 Å². The first kappa shape index (κ1) is 9.96. The first-order valence-electron chi connectivity index (χ1n) is 5.16. The van der Waals surface area contributed by atoms with Crippen LogP contribution in [0.5, 0.6) is 0 Å². The molecule has 2 heterocycles. The molecule has 4 heteroatoms. The van der Waals surface area contributed by atoms with Crippen molar-refractivity contribution in [2.75, 3.05) is 12.3 Å². The van der Waals surface area contributed by atoms with Crippen LogP contribution in [-0.2, 0) is 4.79 Å². The van der Waals surface area contributed by atoms with Crippen LogP contribution in [0.2, 0.25) is 0 Å². The van der Waals surface area contributed by atoms with Crippen LogP contribution in [0, 0.1) is 6.92 Å². The minimum Gasteiger partial charge on any atom is -0.384 e. The quantitative estimate of drug-likeness (QED) is 0.739. The number of nitrogens with two attached hydrogens (primary N) is 1. The second-order valence-electron chi connectivity index (χ2n) is 3.91. The van der Waals surface area contributed by atoms with Gasteiger partial charge in [-0.25, -0.2) is 4.98 Å². The SMILES string of the molecule is Cc1nc(N)ccc1[C@H]1CCCN1C=O. The third-order valence-electron chi connectivity index (χ3n) is 2.94. The molecule has 1 amide bonds. The summed E-state index contributed by atoms with van der Waals surface area (Å²) in [5.41, 5.74) is 7.64. The van der Waals surface area contributed by atoms with Gasteiger partial charge in [0.1, 0.15) is 5.82 Å². The molecule has 1 aromatic rings. The van der Waals surface area contributed by atoms with Crippen molar-refractivity contribution in [3.05, 3.63) is 23.4 Å². The summed E-state index contributed by atoms with van der Waals surface area (Å²) in [6.45, 7) is 2.78. The largest absolute Gasteiger partial charge is 0.384 e. The summed E-state index contributed by atoms with van der Waals surface area (Å²) < 4.78 is 0. The van der Waals surface area contributed by atoms with Gasteiger partial charge in [0, 0.05) is 12.2 Å². The molecule has 0 aromatic carbocycles. The Morgan fingerprint density at radius 1 is 1.60 bits per heavy atom. The number of hydrogen-bond donors (Lipinski definition) is 1. The fraction of sp³-hybridized carbons (Fsp3) is 0.455. The van der Waals surface area contributed by atoms with Crippen LogP contribution < -0.4 is 5.73 Å². The molecule has 2 N–H and O–H groups in total. The van der Waals surface area contributed by atoms with Crippen molar-refractivity contribution in [2.45, 2.75) is 25.8 Å². The lowest BCUT2D eigenvalue weighted by atomic mass is 10.0. The van der Waals surface area contributed by atoms with Gasteiger partial charge in [-0.1, -0.05) is 6.07 Å². The van der Waals surface area contributed by atoms with E-state index in [9.17, 15) is 4.79 Å². The normalized spacial score (nSPS) is 20.6. The average molecular weight is 205 g/mol. The Labute approximate surface area is 89.1 Å². The average Bonchev–Trinajstić information content (AvgIpc) is 2.65. The summed E-state index contributed by atoms with van der Waals surface area (Å²) in [7, 11) is 0. The first-order chi connectivity index (χ1) is 7.22. The number of aromatic nitrogens is 1. The molecule has 1 saturated heterocycles. The van der Waals surface area contributed by atoms with Crippen LogP contribution in [0.25, 0.3) is 0 Å². The number of rotatable bonds is 2. The maximum Gasteiger partial charge on any atom is 0.210 e. The smallest absolute Gasteiger partial charge is 0.210 e. The van der Waals surface area contributed by atoms with Crippen molar-refractivity contribution < 1.29 is 4.79 Å². The number of anilines is 1. The molecule has 1 aliphatic rings. The van der Waals surface area contributed by atoms with Crippen LogP contribution in [0.4, 0.5) is 5.82 Å². The Morgan fingerprint density at radius 2 is 2.40 bits per heavy atom. The molecule has 0 spiro atoms. The number of carbonyl (C=O) groups is 1. The van der Waals surface area contributed by atoms with E-state index in [4.69, 9.17) is 5.73 Å². The van der Waals surface area contributed by atoms with Crippen molar-refractivity contribution in [2.24, 2.45) is 0 Å². The number of likely N-dealkylation sites (tertiary alicyclic amines) is 1. The highest BCUT2D eigenvalue weighted by atomic mass is 16.1. The van der Waals surface area contributed by atoms with Gasteiger partial charge in [-0.05, 0) is 31.4 Å². The zero-order valence-corrected chi connectivity index (χ0v) is 8.81. The molecule has 1 aliphatic heterocycles. The summed E-state index contributed by atoms with van der Waals surface area (Å²) >= 11 is 0. The highest BCUT2D eigenvalue weighted by Crippen LogP contribution is 2.31. The summed E-state index contributed by atoms with van der Waals surface area (Å²) in [4.78, 5) is 16.9. The number of aryl methyl sites for hydroxylation is 1. The van der Waals surface area contributed by atoms with Crippen LogP contribution in [0.1, 0.15) is 30.1 Å². The zero-order valence-electron chi connectivity index (χ0n) is 8.81. The summed E-state index contributed by atoms with van der Waals surface area (Å²) in [5, 5.41) is 0. The third-order valence-corrected chi connectivity index (χ3v) is 2.94. The fourth-order valence-electron chi connectivity index (χ4n) is 2.19. The Bertz CT molecular complexity index is 378. The van der Waals surface area contributed by atoms with Crippen LogP contribution in [-0.4, -0.2) is 22.8 Å². The summed E-state index contributed by atoms with van der Waals surface area (Å²) in [6, 6.07) is 3.96. The van der Waals surface area contributed by atoms with Crippen LogP contribution >= 0.6 is 0 Å². The summed E-state index contributed by atoms with van der Waals surface area (Å²) in [6.07, 6.45) is 3.01. The first-order valence-corrected chi connectivity index (χ1v) is 5.16. The second-order valence-corrected chi connectivity index (χ2v) is 3.91. The molecule has 80 valence electrons. The van der Waals surface area contributed by atoms with E-state index in [0.717, 1.165) is 37.1 Å². The molecule has 1 fully saturated rings. The molecule has 1 atom stereocenters. The predicted octanol–water partition coefficient (Wildman–Crippen LogP) is 1.27. The van der Waals surface area contributed by atoms with Crippen LogP contribution in [0.15, 0.2) is 12.1 Å². The Morgan fingerprint density at radius 3 is 3.07 bits per heavy atom. The van der Waals surface area contributed by atoms with Crippen molar-refractivity contribution in [1.29, 1.82) is 0 Å². The molecule has 0 aliphatic carbocycles. The van der Waals surface area contributed by atoms with E-state index in [1.165, 1.54) is 0 Å². The zero-order chi connectivity index (χ0) is 10.8. The summed E-state index contributed by atoms with van der Waals surface area (Å²) in [5.74, 6) is 0.534. The van der Waals surface area contributed by atoms with E-state index in [2.05, 4.69) is 4.98 Å². The van der Waals surface area contributed by atoms with Gasteiger partial charge < -0.3 is 10.6 Å². The molecule has 4 nitrogen and oxygen atoms in total. The lowest BCUT2D eigenvalue weighted by molar-refractivity contribution is -0.118. The van der Waals surface area contributed by atoms with E-state index >= 15 is 0 Å². The van der Waals surface area contributed by atoms with Gasteiger partial charge in [-0.2, -0.15) is 0 Å². The van der Waals surface area contributed by atoms with Gasteiger partial charge in [-0.15, -0.1) is 0 Å². The van der Waals surface area contributed by atoms with Crippen molar-refractivity contribution in [3.63, 3.8) is 0 Å². The number of amides is 1. The molecule has 15 heavy (non-hydrogen) atoms. The van der Waals surface area contributed by atoms with Crippen LogP contribution in [0.3, 0.4) is 0 Å². The van der Waals surface area contributed by atoms with Gasteiger partial charge in [0.25, 0.3) is 0 Å². The maximum atomic E-state index is 10.8. The number of nitrogens with zero attached hydrogens (tertiary/aromatic N) is 2. The Kier molecular flexibility index (Phi) is 2.58. The van der Waals surface area contributed by atoms with Gasteiger partial charge in [-0.3, -0.25) is 4.79 Å².